The number of carbonyl (C=O) groups excluding carboxylic acids is 1. The van der Waals surface area contributed by atoms with Crippen molar-refractivity contribution in [1.29, 1.82) is 0 Å². The highest BCUT2D eigenvalue weighted by atomic mass is 32.1. The third kappa shape index (κ3) is 2.41. The molecule has 2 aliphatic rings. The summed E-state index contributed by atoms with van der Waals surface area (Å²) in [6, 6.07) is 0.444. The second kappa shape index (κ2) is 5.00. The summed E-state index contributed by atoms with van der Waals surface area (Å²) in [5.41, 5.74) is 0. The maximum absolute atomic E-state index is 11.6. The van der Waals surface area contributed by atoms with E-state index in [1.54, 1.807) is 6.92 Å². The number of nitrogens with zero attached hydrogens (tertiary/aromatic N) is 1. The van der Waals surface area contributed by atoms with Crippen LogP contribution in [0.2, 0.25) is 0 Å². The van der Waals surface area contributed by atoms with Crippen LogP contribution in [-0.2, 0) is 4.74 Å². The summed E-state index contributed by atoms with van der Waals surface area (Å²) in [5, 5.41) is 13.7. The van der Waals surface area contributed by atoms with Gasteiger partial charge in [0.25, 0.3) is 0 Å². The smallest absolute Gasteiger partial charge is 0.354 e. The summed E-state index contributed by atoms with van der Waals surface area (Å²) in [5.74, 6) is 0.843. The van der Waals surface area contributed by atoms with Crippen LogP contribution >= 0.6 is 11.3 Å². The molecule has 1 aromatic rings. The molecule has 0 amide bonds. The maximum Gasteiger partial charge on any atom is 0.354 e. The third-order valence-electron chi connectivity index (χ3n) is 4.12. The molecule has 104 valence electrons. The standard InChI is InChI=1S/C13H18N2O3S/c1-2-18-12(17)10-11(16)15-13(19-10)14-9-6-7-3-4-8(9)5-7/h7-9,16H,2-6H2,1H3,(H,14,15)/t7-,8+,9+/m1/s1. The normalized spacial score (nSPS) is 28.6. The van der Waals surface area contributed by atoms with E-state index in [0.29, 0.717) is 17.8 Å². The molecule has 0 saturated heterocycles. The lowest BCUT2D eigenvalue weighted by Gasteiger charge is -2.22. The first kappa shape index (κ1) is 12.7. The number of aromatic nitrogens is 1. The Morgan fingerprint density at radius 1 is 1.53 bits per heavy atom. The first-order chi connectivity index (χ1) is 9.17. The van der Waals surface area contributed by atoms with Gasteiger partial charge < -0.3 is 15.2 Å². The number of rotatable bonds is 4. The van der Waals surface area contributed by atoms with Gasteiger partial charge in [-0.3, -0.25) is 0 Å². The van der Waals surface area contributed by atoms with Crippen molar-refractivity contribution >= 4 is 22.4 Å². The molecule has 0 aliphatic heterocycles. The number of aromatic hydroxyl groups is 1. The summed E-state index contributed by atoms with van der Waals surface area (Å²) in [6.07, 6.45) is 5.12. The quantitative estimate of drug-likeness (QED) is 0.831. The minimum Gasteiger partial charge on any atom is -0.492 e. The predicted molar refractivity (Wildman–Crippen MR) is 72.6 cm³/mol. The summed E-state index contributed by atoms with van der Waals surface area (Å²) in [7, 11) is 0. The summed E-state index contributed by atoms with van der Waals surface area (Å²) in [4.78, 5) is 15.8. The zero-order chi connectivity index (χ0) is 13.4. The summed E-state index contributed by atoms with van der Waals surface area (Å²) >= 11 is 1.17. The van der Waals surface area contributed by atoms with Gasteiger partial charge in [-0.05, 0) is 38.0 Å². The fourth-order valence-electron chi connectivity index (χ4n) is 3.28. The van der Waals surface area contributed by atoms with E-state index in [0.717, 1.165) is 11.8 Å². The fourth-order valence-corrected chi connectivity index (χ4v) is 4.10. The van der Waals surface area contributed by atoms with Gasteiger partial charge >= 0.3 is 5.97 Å². The van der Waals surface area contributed by atoms with Crippen LogP contribution < -0.4 is 5.32 Å². The molecule has 2 N–H and O–H groups in total. The molecule has 0 unspecified atom stereocenters. The van der Waals surface area contributed by atoms with Crippen LogP contribution in [0.4, 0.5) is 5.13 Å². The molecule has 3 atom stereocenters. The average Bonchev–Trinajstić information content (AvgIpc) is 3.05. The zero-order valence-electron chi connectivity index (χ0n) is 10.9. The van der Waals surface area contributed by atoms with Crippen molar-refractivity contribution in [1.82, 2.24) is 4.98 Å². The first-order valence-electron chi connectivity index (χ1n) is 6.80. The van der Waals surface area contributed by atoms with Crippen molar-refractivity contribution in [2.45, 2.75) is 38.6 Å². The first-order valence-corrected chi connectivity index (χ1v) is 7.62. The Bertz CT molecular complexity index is 488. The number of hydrogen-bond donors (Lipinski definition) is 2. The SMILES string of the molecule is CCOC(=O)c1sc(N[C@H]2C[C@@H]3CC[C@H]2C3)nc1O. The molecule has 2 aliphatic carbocycles. The molecule has 6 heteroatoms. The van der Waals surface area contributed by atoms with Crippen molar-refractivity contribution in [3.05, 3.63) is 4.88 Å². The van der Waals surface area contributed by atoms with Gasteiger partial charge in [0.2, 0.25) is 5.88 Å². The molecule has 0 aromatic carbocycles. The van der Waals surface area contributed by atoms with Gasteiger partial charge in [0.15, 0.2) is 10.0 Å². The molecule has 0 radical (unpaired) electrons. The van der Waals surface area contributed by atoms with Crippen molar-refractivity contribution in [3.63, 3.8) is 0 Å². The van der Waals surface area contributed by atoms with Gasteiger partial charge in [-0.15, -0.1) is 0 Å². The van der Waals surface area contributed by atoms with Gasteiger partial charge in [-0.2, -0.15) is 4.98 Å². The number of hydrogen-bond acceptors (Lipinski definition) is 6. The second-order valence-corrected chi connectivity index (χ2v) is 6.32. The highest BCUT2D eigenvalue weighted by molar-refractivity contribution is 7.17. The summed E-state index contributed by atoms with van der Waals surface area (Å²) in [6.45, 7) is 2.04. The Hall–Kier alpha value is -1.30. The number of fused-ring (bicyclic) bond motifs is 2. The second-order valence-electron chi connectivity index (χ2n) is 5.32. The van der Waals surface area contributed by atoms with Gasteiger partial charge in [0, 0.05) is 6.04 Å². The molecule has 19 heavy (non-hydrogen) atoms. The minimum atomic E-state index is -0.501. The molecule has 2 bridgehead atoms. The molecule has 1 aromatic heterocycles. The number of carbonyl (C=O) groups is 1. The summed E-state index contributed by atoms with van der Waals surface area (Å²) < 4.78 is 4.89. The number of thiazole rings is 1. The average molecular weight is 282 g/mol. The van der Waals surface area contributed by atoms with Gasteiger partial charge in [-0.1, -0.05) is 17.8 Å². The lowest BCUT2D eigenvalue weighted by molar-refractivity contribution is 0.0528. The fraction of sp³-hybridized carbons (Fsp3) is 0.692. The molecular weight excluding hydrogens is 264 g/mol. The van der Waals surface area contributed by atoms with Crippen LogP contribution in [0.3, 0.4) is 0 Å². The van der Waals surface area contributed by atoms with Crippen LogP contribution in [0.15, 0.2) is 0 Å². The monoisotopic (exact) mass is 282 g/mol. The largest absolute Gasteiger partial charge is 0.492 e. The molecule has 2 saturated carbocycles. The van der Waals surface area contributed by atoms with E-state index in [4.69, 9.17) is 4.74 Å². The number of anilines is 1. The van der Waals surface area contributed by atoms with Gasteiger partial charge in [-0.25, -0.2) is 4.79 Å². The van der Waals surface area contributed by atoms with E-state index in [9.17, 15) is 9.90 Å². The molecule has 0 spiro atoms. The number of ether oxygens (including phenoxy) is 1. The van der Waals surface area contributed by atoms with Crippen LogP contribution in [-0.4, -0.2) is 28.7 Å². The van der Waals surface area contributed by atoms with E-state index in [1.165, 1.54) is 37.0 Å². The Morgan fingerprint density at radius 2 is 2.37 bits per heavy atom. The van der Waals surface area contributed by atoms with Crippen molar-refractivity contribution in [3.8, 4) is 5.88 Å². The van der Waals surface area contributed by atoms with E-state index >= 15 is 0 Å². The highest BCUT2D eigenvalue weighted by Crippen LogP contribution is 2.46. The van der Waals surface area contributed by atoms with Crippen molar-refractivity contribution in [2.75, 3.05) is 11.9 Å². The lowest BCUT2D eigenvalue weighted by atomic mass is 9.96. The van der Waals surface area contributed by atoms with Crippen molar-refractivity contribution < 1.29 is 14.6 Å². The van der Waals surface area contributed by atoms with E-state index in [1.807, 2.05) is 0 Å². The van der Waals surface area contributed by atoms with Crippen LogP contribution in [0, 0.1) is 11.8 Å². The predicted octanol–water partition coefficient (Wildman–Crippen LogP) is 2.63. The van der Waals surface area contributed by atoms with Crippen LogP contribution in [0.1, 0.15) is 42.3 Å². The van der Waals surface area contributed by atoms with Crippen LogP contribution in [0.5, 0.6) is 5.88 Å². The van der Waals surface area contributed by atoms with E-state index < -0.39 is 5.97 Å². The number of esters is 1. The topological polar surface area (TPSA) is 71.5 Å². The van der Waals surface area contributed by atoms with E-state index in [-0.39, 0.29) is 10.8 Å². The number of nitrogens with one attached hydrogen (secondary N) is 1. The zero-order valence-corrected chi connectivity index (χ0v) is 11.7. The third-order valence-corrected chi connectivity index (χ3v) is 5.07. The Kier molecular flexibility index (Phi) is 3.35. The maximum atomic E-state index is 11.6. The van der Waals surface area contributed by atoms with Crippen molar-refractivity contribution in [2.24, 2.45) is 11.8 Å². The molecule has 5 nitrogen and oxygen atoms in total. The highest BCUT2D eigenvalue weighted by Gasteiger charge is 2.39. The van der Waals surface area contributed by atoms with Gasteiger partial charge in [0.05, 0.1) is 6.61 Å². The van der Waals surface area contributed by atoms with Gasteiger partial charge in [0.1, 0.15) is 0 Å². The van der Waals surface area contributed by atoms with E-state index in [2.05, 4.69) is 10.3 Å². The van der Waals surface area contributed by atoms with Crippen LogP contribution in [0.25, 0.3) is 0 Å². The Morgan fingerprint density at radius 3 is 3.00 bits per heavy atom. The molecule has 2 fully saturated rings. The Balaban J connectivity index is 1.69. The Labute approximate surface area is 116 Å². The molecule has 3 rings (SSSR count). The molecular formula is C13H18N2O3S. The minimum absolute atomic E-state index is 0.188. The molecule has 1 heterocycles. The lowest BCUT2D eigenvalue weighted by Crippen LogP contribution is -2.25.